The molecule has 4 heteroatoms. The van der Waals surface area contributed by atoms with E-state index in [1.54, 1.807) is 7.05 Å². The van der Waals surface area contributed by atoms with Crippen molar-refractivity contribution >= 4 is 5.97 Å². The van der Waals surface area contributed by atoms with Crippen molar-refractivity contribution in [1.29, 1.82) is 0 Å². The SMILES string of the molecule is CNCNC(Cc1ccccc1)C(=O)O. The average Bonchev–Trinajstić information content (AvgIpc) is 2.25. The number of carboxylic acids is 1. The molecule has 1 rings (SSSR count). The van der Waals surface area contributed by atoms with Crippen LogP contribution in [0.15, 0.2) is 30.3 Å². The molecule has 0 bridgehead atoms. The molecule has 4 nitrogen and oxygen atoms in total. The molecule has 0 aliphatic carbocycles. The van der Waals surface area contributed by atoms with Crippen molar-refractivity contribution in [2.24, 2.45) is 0 Å². The maximum atomic E-state index is 10.9. The number of nitrogens with one attached hydrogen (secondary N) is 2. The Kier molecular flexibility index (Phi) is 4.80. The Morgan fingerprint density at radius 1 is 1.40 bits per heavy atom. The van der Waals surface area contributed by atoms with E-state index in [4.69, 9.17) is 5.11 Å². The van der Waals surface area contributed by atoms with Crippen molar-refractivity contribution in [3.05, 3.63) is 35.9 Å². The lowest BCUT2D eigenvalue weighted by Crippen LogP contribution is -2.42. The zero-order valence-corrected chi connectivity index (χ0v) is 8.73. The quantitative estimate of drug-likeness (QED) is 0.594. The maximum Gasteiger partial charge on any atom is 0.321 e. The van der Waals surface area contributed by atoms with Crippen LogP contribution in [0, 0.1) is 0 Å². The Bertz CT molecular complexity index is 301. The Hall–Kier alpha value is -1.39. The van der Waals surface area contributed by atoms with Gasteiger partial charge in [-0.2, -0.15) is 0 Å². The molecule has 0 heterocycles. The third-order valence-corrected chi connectivity index (χ3v) is 2.11. The lowest BCUT2D eigenvalue weighted by atomic mass is 10.1. The molecule has 1 aromatic rings. The molecule has 0 amide bonds. The molecule has 82 valence electrons. The van der Waals surface area contributed by atoms with E-state index in [0.717, 1.165) is 5.56 Å². The van der Waals surface area contributed by atoms with Crippen molar-refractivity contribution in [3.8, 4) is 0 Å². The topological polar surface area (TPSA) is 61.4 Å². The smallest absolute Gasteiger partial charge is 0.321 e. The van der Waals surface area contributed by atoms with Gasteiger partial charge in [0.25, 0.3) is 0 Å². The summed E-state index contributed by atoms with van der Waals surface area (Å²) in [5.41, 5.74) is 1.02. The standard InChI is InChI=1S/C11H16N2O2/c1-12-8-13-10(11(14)15)7-9-5-3-2-4-6-9/h2-6,10,12-13H,7-8H2,1H3,(H,14,15). The summed E-state index contributed by atoms with van der Waals surface area (Å²) in [4.78, 5) is 10.9. The number of benzene rings is 1. The molecule has 0 spiro atoms. The molecule has 1 aromatic carbocycles. The molecule has 3 N–H and O–H groups in total. The molecule has 0 saturated heterocycles. The Labute approximate surface area is 89.3 Å². The normalized spacial score (nSPS) is 12.3. The maximum absolute atomic E-state index is 10.9. The van der Waals surface area contributed by atoms with Gasteiger partial charge < -0.3 is 10.4 Å². The fourth-order valence-corrected chi connectivity index (χ4v) is 1.32. The number of rotatable bonds is 6. The second-order valence-corrected chi connectivity index (χ2v) is 3.32. The number of hydrogen-bond donors (Lipinski definition) is 3. The number of hydrogen-bond acceptors (Lipinski definition) is 3. The zero-order chi connectivity index (χ0) is 11.1. The summed E-state index contributed by atoms with van der Waals surface area (Å²) in [5, 5.41) is 14.7. The number of carboxylic acid groups (broad SMARTS) is 1. The summed E-state index contributed by atoms with van der Waals surface area (Å²) in [6.07, 6.45) is 0.498. The van der Waals surface area contributed by atoms with Gasteiger partial charge in [0, 0.05) is 6.67 Å². The molecule has 1 unspecified atom stereocenters. The molecule has 0 fully saturated rings. The summed E-state index contributed by atoms with van der Waals surface area (Å²) < 4.78 is 0. The van der Waals surface area contributed by atoms with E-state index in [1.807, 2.05) is 30.3 Å². The van der Waals surface area contributed by atoms with Gasteiger partial charge in [-0.3, -0.25) is 10.1 Å². The van der Waals surface area contributed by atoms with Crippen LogP contribution in [0.5, 0.6) is 0 Å². The molecule has 1 atom stereocenters. The first-order chi connectivity index (χ1) is 7.24. The van der Waals surface area contributed by atoms with E-state index in [-0.39, 0.29) is 0 Å². The highest BCUT2D eigenvalue weighted by Gasteiger charge is 2.16. The minimum Gasteiger partial charge on any atom is -0.480 e. The zero-order valence-electron chi connectivity index (χ0n) is 8.73. The monoisotopic (exact) mass is 208 g/mol. The van der Waals surface area contributed by atoms with Gasteiger partial charge in [-0.15, -0.1) is 0 Å². The minimum absolute atomic E-state index is 0.490. The van der Waals surface area contributed by atoms with E-state index in [9.17, 15) is 4.79 Å². The molecule has 15 heavy (non-hydrogen) atoms. The number of carbonyl (C=O) groups is 1. The van der Waals surface area contributed by atoms with Crippen LogP contribution in [-0.2, 0) is 11.2 Å². The molecule has 0 radical (unpaired) electrons. The second-order valence-electron chi connectivity index (χ2n) is 3.32. The van der Waals surface area contributed by atoms with E-state index in [0.29, 0.717) is 13.1 Å². The molecular formula is C11H16N2O2. The van der Waals surface area contributed by atoms with Crippen molar-refractivity contribution in [3.63, 3.8) is 0 Å². The van der Waals surface area contributed by atoms with E-state index >= 15 is 0 Å². The second kappa shape index (κ2) is 6.16. The Morgan fingerprint density at radius 3 is 2.60 bits per heavy atom. The average molecular weight is 208 g/mol. The Morgan fingerprint density at radius 2 is 2.07 bits per heavy atom. The van der Waals surface area contributed by atoms with Crippen LogP contribution in [0.2, 0.25) is 0 Å². The van der Waals surface area contributed by atoms with Crippen LogP contribution in [0.4, 0.5) is 0 Å². The predicted octanol–water partition coefficient (Wildman–Crippen LogP) is 0.449. The molecular weight excluding hydrogens is 192 g/mol. The first kappa shape index (κ1) is 11.7. The van der Waals surface area contributed by atoms with Gasteiger partial charge in [-0.1, -0.05) is 30.3 Å². The molecule has 0 saturated carbocycles. The highest BCUT2D eigenvalue weighted by Crippen LogP contribution is 2.02. The van der Waals surface area contributed by atoms with Crippen LogP contribution < -0.4 is 10.6 Å². The Balaban J connectivity index is 2.55. The summed E-state index contributed by atoms with van der Waals surface area (Å²) in [6, 6.07) is 9.05. The van der Waals surface area contributed by atoms with Crippen molar-refractivity contribution in [2.45, 2.75) is 12.5 Å². The van der Waals surface area contributed by atoms with Crippen molar-refractivity contribution < 1.29 is 9.90 Å². The highest BCUT2D eigenvalue weighted by molar-refractivity contribution is 5.73. The lowest BCUT2D eigenvalue weighted by Gasteiger charge is -2.13. The molecule has 0 aromatic heterocycles. The van der Waals surface area contributed by atoms with Crippen molar-refractivity contribution in [2.75, 3.05) is 13.7 Å². The van der Waals surface area contributed by atoms with Crippen LogP contribution >= 0.6 is 0 Å². The van der Waals surface area contributed by atoms with E-state index in [2.05, 4.69) is 10.6 Å². The van der Waals surface area contributed by atoms with Gasteiger partial charge in [0.1, 0.15) is 6.04 Å². The fraction of sp³-hybridized carbons (Fsp3) is 0.364. The first-order valence-electron chi connectivity index (χ1n) is 4.88. The van der Waals surface area contributed by atoms with E-state index < -0.39 is 12.0 Å². The van der Waals surface area contributed by atoms with Gasteiger partial charge in [-0.05, 0) is 19.0 Å². The van der Waals surface area contributed by atoms with Gasteiger partial charge in [0.05, 0.1) is 0 Å². The van der Waals surface area contributed by atoms with Gasteiger partial charge in [-0.25, -0.2) is 0 Å². The first-order valence-corrected chi connectivity index (χ1v) is 4.88. The third kappa shape index (κ3) is 4.10. The predicted molar refractivity (Wildman–Crippen MR) is 58.6 cm³/mol. The summed E-state index contributed by atoms with van der Waals surface area (Å²) >= 11 is 0. The lowest BCUT2D eigenvalue weighted by molar-refractivity contribution is -0.139. The van der Waals surface area contributed by atoms with Gasteiger partial charge in [0.15, 0.2) is 0 Å². The fourth-order valence-electron chi connectivity index (χ4n) is 1.32. The highest BCUT2D eigenvalue weighted by atomic mass is 16.4. The van der Waals surface area contributed by atoms with Crippen LogP contribution in [0.1, 0.15) is 5.56 Å². The van der Waals surface area contributed by atoms with E-state index in [1.165, 1.54) is 0 Å². The van der Waals surface area contributed by atoms with Crippen molar-refractivity contribution in [1.82, 2.24) is 10.6 Å². The minimum atomic E-state index is -0.825. The number of aliphatic carboxylic acids is 1. The molecule has 0 aliphatic rings. The molecule has 0 aliphatic heterocycles. The van der Waals surface area contributed by atoms with Gasteiger partial charge >= 0.3 is 5.97 Å². The summed E-state index contributed by atoms with van der Waals surface area (Å²) in [5.74, 6) is -0.825. The van der Waals surface area contributed by atoms with Crippen LogP contribution in [0.3, 0.4) is 0 Å². The summed E-state index contributed by atoms with van der Waals surface area (Å²) in [7, 11) is 1.77. The van der Waals surface area contributed by atoms with Crippen LogP contribution in [-0.4, -0.2) is 30.8 Å². The van der Waals surface area contributed by atoms with Gasteiger partial charge in [0.2, 0.25) is 0 Å². The third-order valence-electron chi connectivity index (χ3n) is 2.11. The summed E-state index contributed by atoms with van der Waals surface area (Å²) in [6.45, 7) is 0.490. The van der Waals surface area contributed by atoms with Crippen LogP contribution in [0.25, 0.3) is 0 Å². The largest absolute Gasteiger partial charge is 0.480 e.